The van der Waals surface area contributed by atoms with Crippen LogP contribution in [0.2, 0.25) is 0 Å². The average molecular weight is 399 g/mol. The maximum Gasteiger partial charge on any atom is 0.266 e. The van der Waals surface area contributed by atoms with Crippen molar-refractivity contribution in [1.29, 1.82) is 5.26 Å². The van der Waals surface area contributed by atoms with Crippen LogP contribution in [0.3, 0.4) is 0 Å². The predicted octanol–water partition coefficient (Wildman–Crippen LogP) is 4.27. The molecule has 2 N–H and O–H groups in total. The number of anilines is 1. The zero-order valence-electron chi connectivity index (χ0n) is 13.2. The Labute approximate surface area is 154 Å². The van der Waals surface area contributed by atoms with Crippen molar-refractivity contribution in [3.05, 3.63) is 70.7 Å². The van der Waals surface area contributed by atoms with E-state index in [4.69, 9.17) is 4.74 Å². The zero-order valence-corrected chi connectivity index (χ0v) is 14.8. The Morgan fingerprint density at radius 2 is 2.04 bits per heavy atom. The fourth-order valence-electron chi connectivity index (χ4n) is 1.96. The van der Waals surface area contributed by atoms with Crippen LogP contribution in [0.15, 0.2) is 65.2 Å². The number of halogens is 1. The predicted molar refractivity (Wildman–Crippen MR) is 100 cm³/mol. The largest absolute Gasteiger partial charge is 0.508 e. The van der Waals surface area contributed by atoms with Crippen LogP contribution in [0.4, 0.5) is 5.69 Å². The van der Waals surface area contributed by atoms with Gasteiger partial charge in [0.05, 0.1) is 0 Å². The molecule has 0 heterocycles. The molecule has 126 valence electrons. The van der Waals surface area contributed by atoms with E-state index in [-0.39, 0.29) is 11.3 Å². The number of carbonyl (C=O) groups excluding carboxylic acids is 1. The lowest BCUT2D eigenvalue weighted by molar-refractivity contribution is -0.112. The molecular formula is C19H15BrN2O3. The standard InChI is InChI=1S/C19H15BrN2O3/c1-2-9-25-18-8-3-15(20)11-13(18)10-14(12-21)19(24)22-16-4-6-17(23)7-5-16/h2-8,10-11,23H,1,9H2,(H,22,24)/b14-10+. The molecule has 6 heteroatoms. The summed E-state index contributed by atoms with van der Waals surface area (Å²) in [5.74, 6) is 0.0725. The Kier molecular flexibility index (Phi) is 6.38. The molecule has 0 unspecified atom stereocenters. The van der Waals surface area contributed by atoms with Gasteiger partial charge in [0.25, 0.3) is 5.91 Å². The number of hydrogen-bond acceptors (Lipinski definition) is 4. The molecule has 0 radical (unpaired) electrons. The molecule has 0 saturated carbocycles. The Morgan fingerprint density at radius 1 is 1.32 bits per heavy atom. The maximum absolute atomic E-state index is 12.3. The molecule has 25 heavy (non-hydrogen) atoms. The van der Waals surface area contributed by atoms with E-state index in [0.29, 0.717) is 23.6 Å². The van der Waals surface area contributed by atoms with Gasteiger partial charge in [0.2, 0.25) is 0 Å². The van der Waals surface area contributed by atoms with E-state index < -0.39 is 5.91 Å². The van der Waals surface area contributed by atoms with Gasteiger partial charge in [-0.15, -0.1) is 0 Å². The van der Waals surface area contributed by atoms with E-state index in [9.17, 15) is 15.2 Å². The molecule has 0 bridgehead atoms. The molecule has 0 fully saturated rings. The summed E-state index contributed by atoms with van der Waals surface area (Å²) < 4.78 is 6.34. The van der Waals surface area contributed by atoms with Crippen LogP contribution in [-0.4, -0.2) is 17.6 Å². The number of benzene rings is 2. The average Bonchev–Trinajstić information content (AvgIpc) is 2.60. The van der Waals surface area contributed by atoms with Crippen molar-refractivity contribution in [2.75, 3.05) is 11.9 Å². The zero-order chi connectivity index (χ0) is 18.2. The lowest BCUT2D eigenvalue weighted by Crippen LogP contribution is -2.13. The van der Waals surface area contributed by atoms with Crippen molar-refractivity contribution in [1.82, 2.24) is 0 Å². The van der Waals surface area contributed by atoms with Crippen molar-refractivity contribution in [3.8, 4) is 17.6 Å². The van der Waals surface area contributed by atoms with Gasteiger partial charge in [0.15, 0.2) is 0 Å². The summed E-state index contributed by atoms with van der Waals surface area (Å²) >= 11 is 3.36. The van der Waals surface area contributed by atoms with Crippen LogP contribution >= 0.6 is 15.9 Å². The first-order valence-corrected chi connectivity index (χ1v) is 8.08. The number of phenolic OH excluding ortho intramolecular Hbond substituents is 1. The highest BCUT2D eigenvalue weighted by Crippen LogP contribution is 2.26. The van der Waals surface area contributed by atoms with Gasteiger partial charge in [-0.25, -0.2) is 0 Å². The monoisotopic (exact) mass is 398 g/mol. The fourth-order valence-corrected chi connectivity index (χ4v) is 2.34. The van der Waals surface area contributed by atoms with Crippen molar-refractivity contribution in [3.63, 3.8) is 0 Å². The molecule has 0 aliphatic heterocycles. The van der Waals surface area contributed by atoms with Crippen LogP contribution in [0.1, 0.15) is 5.56 Å². The summed E-state index contributed by atoms with van der Waals surface area (Å²) in [6, 6.07) is 13.2. The molecule has 5 nitrogen and oxygen atoms in total. The SMILES string of the molecule is C=CCOc1ccc(Br)cc1/C=C(\C#N)C(=O)Nc1ccc(O)cc1. The van der Waals surface area contributed by atoms with Crippen LogP contribution in [0.25, 0.3) is 6.08 Å². The summed E-state index contributed by atoms with van der Waals surface area (Å²) in [5.41, 5.74) is 0.990. The smallest absolute Gasteiger partial charge is 0.266 e. The topological polar surface area (TPSA) is 82.3 Å². The second kappa shape index (κ2) is 8.71. The molecule has 0 aliphatic carbocycles. The number of phenols is 1. The Balaban J connectivity index is 2.28. The summed E-state index contributed by atoms with van der Waals surface area (Å²) in [4.78, 5) is 12.3. The summed E-state index contributed by atoms with van der Waals surface area (Å²) in [7, 11) is 0. The van der Waals surface area contributed by atoms with Gasteiger partial charge in [0, 0.05) is 15.7 Å². The van der Waals surface area contributed by atoms with Crippen molar-refractivity contribution >= 4 is 33.6 Å². The first-order chi connectivity index (χ1) is 12.0. The van der Waals surface area contributed by atoms with Gasteiger partial charge < -0.3 is 15.2 Å². The minimum absolute atomic E-state index is 0.0744. The van der Waals surface area contributed by atoms with E-state index in [2.05, 4.69) is 27.8 Å². The van der Waals surface area contributed by atoms with Gasteiger partial charge in [0.1, 0.15) is 29.7 Å². The molecule has 0 spiro atoms. The number of amides is 1. The molecule has 0 saturated heterocycles. The molecule has 0 atom stereocenters. The number of hydrogen-bond donors (Lipinski definition) is 2. The van der Waals surface area contributed by atoms with E-state index >= 15 is 0 Å². The number of nitriles is 1. The van der Waals surface area contributed by atoms with Crippen LogP contribution in [0.5, 0.6) is 11.5 Å². The Hall–Kier alpha value is -3.04. The van der Waals surface area contributed by atoms with E-state index in [0.717, 1.165) is 4.47 Å². The summed E-state index contributed by atoms with van der Waals surface area (Å²) in [6.07, 6.45) is 3.07. The third kappa shape index (κ3) is 5.23. The number of ether oxygens (including phenoxy) is 1. The molecule has 0 aromatic heterocycles. The van der Waals surface area contributed by atoms with Gasteiger partial charge in [-0.3, -0.25) is 4.79 Å². The maximum atomic E-state index is 12.3. The van der Waals surface area contributed by atoms with Crippen molar-refractivity contribution in [2.45, 2.75) is 0 Å². The van der Waals surface area contributed by atoms with Crippen LogP contribution in [-0.2, 0) is 4.79 Å². The molecular weight excluding hydrogens is 384 g/mol. The van der Waals surface area contributed by atoms with Gasteiger partial charge in [-0.2, -0.15) is 5.26 Å². The number of carbonyl (C=O) groups is 1. The van der Waals surface area contributed by atoms with Gasteiger partial charge >= 0.3 is 0 Å². The van der Waals surface area contributed by atoms with Crippen LogP contribution < -0.4 is 10.1 Å². The second-order valence-corrected chi connectivity index (χ2v) is 5.87. The molecule has 0 aliphatic rings. The summed E-state index contributed by atoms with van der Waals surface area (Å²) in [6.45, 7) is 3.91. The minimum atomic E-state index is -0.553. The number of nitrogens with zero attached hydrogens (tertiary/aromatic N) is 1. The number of rotatable bonds is 6. The van der Waals surface area contributed by atoms with E-state index in [1.54, 1.807) is 36.4 Å². The van der Waals surface area contributed by atoms with E-state index in [1.807, 2.05) is 6.07 Å². The molecule has 2 aromatic carbocycles. The first-order valence-electron chi connectivity index (χ1n) is 7.29. The van der Waals surface area contributed by atoms with Crippen molar-refractivity contribution < 1.29 is 14.6 Å². The second-order valence-electron chi connectivity index (χ2n) is 4.95. The number of nitrogens with one attached hydrogen (secondary N) is 1. The number of aromatic hydroxyl groups is 1. The third-order valence-corrected chi connectivity index (χ3v) is 3.61. The quantitative estimate of drug-likeness (QED) is 0.329. The minimum Gasteiger partial charge on any atom is -0.508 e. The molecule has 2 aromatic rings. The van der Waals surface area contributed by atoms with Crippen LogP contribution in [0, 0.1) is 11.3 Å². The third-order valence-electron chi connectivity index (χ3n) is 3.12. The molecule has 2 rings (SSSR count). The van der Waals surface area contributed by atoms with Gasteiger partial charge in [-0.05, 0) is 48.5 Å². The highest BCUT2D eigenvalue weighted by molar-refractivity contribution is 9.10. The highest BCUT2D eigenvalue weighted by atomic mass is 79.9. The highest BCUT2D eigenvalue weighted by Gasteiger charge is 2.12. The summed E-state index contributed by atoms with van der Waals surface area (Å²) in [5, 5.41) is 21.2. The fraction of sp³-hybridized carbons (Fsp3) is 0.0526. The lowest BCUT2D eigenvalue weighted by atomic mass is 10.1. The normalized spacial score (nSPS) is 10.6. The molecule has 1 amide bonds. The van der Waals surface area contributed by atoms with Crippen molar-refractivity contribution in [2.24, 2.45) is 0 Å². The Morgan fingerprint density at radius 3 is 2.68 bits per heavy atom. The first kappa shape index (κ1) is 18.3. The van der Waals surface area contributed by atoms with Gasteiger partial charge in [-0.1, -0.05) is 28.6 Å². The van der Waals surface area contributed by atoms with E-state index in [1.165, 1.54) is 18.2 Å². The Bertz CT molecular complexity index is 852. The lowest BCUT2D eigenvalue weighted by Gasteiger charge is -2.09.